The van der Waals surface area contributed by atoms with Gasteiger partial charge in [0.25, 0.3) is 0 Å². The fraction of sp³-hybridized carbons (Fsp3) is 0.462. The van der Waals surface area contributed by atoms with Gasteiger partial charge >= 0.3 is 0 Å². The molecular weight excluding hydrogens is 242 g/mol. The molecule has 6 nitrogen and oxygen atoms in total. The van der Waals surface area contributed by atoms with Crippen LogP contribution in [0.3, 0.4) is 0 Å². The highest BCUT2D eigenvalue weighted by Gasteiger charge is 2.35. The SMILES string of the molecule is CON1C=C2C=NC3=C(N2C1)N(C(C)C)C=CC3N. The molecule has 0 bridgehead atoms. The molecule has 0 radical (unpaired) electrons. The number of hydrogen-bond donors (Lipinski definition) is 1. The van der Waals surface area contributed by atoms with Crippen molar-refractivity contribution in [3.05, 3.63) is 35.7 Å². The molecule has 3 heterocycles. The zero-order valence-corrected chi connectivity index (χ0v) is 11.4. The zero-order valence-electron chi connectivity index (χ0n) is 11.4. The van der Waals surface area contributed by atoms with E-state index in [1.807, 2.05) is 24.7 Å². The second-order valence-corrected chi connectivity index (χ2v) is 5.06. The van der Waals surface area contributed by atoms with Crippen molar-refractivity contribution in [2.24, 2.45) is 10.7 Å². The number of hydroxylamine groups is 2. The van der Waals surface area contributed by atoms with Gasteiger partial charge in [-0.3, -0.25) is 9.83 Å². The average Bonchev–Trinajstić information content (AvgIpc) is 2.82. The quantitative estimate of drug-likeness (QED) is 0.796. The minimum Gasteiger partial charge on any atom is -0.331 e. The average molecular weight is 261 g/mol. The summed E-state index contributed by atoms with van der Waals surface area (Å²) in [6.45, 7) is 4.95. The highest BCUT2D eigenvalue weighted by atomic mass is 16.7. The van der Waals surface area contributed by atoms with Gasteiger partial charge in [-0.1, -0.05) is 0 Å². The summed E-state index contributed by atoms with van der Waals surface area (Å²) in [5.41, 5.74) is 8.06. The molecule has 3 aliphatic rings. The minimum absolute atomic E-state index is 0.153. The first-order valence-corrected chi connectivity index (χ1v) is 6.42. The number of allylic oxidation sites excluding steroid dienone is 1. The maximum atomic E-state index is 6.13. The van der Waals surface area contributed by atoms with Crippen molar-refractivity contribution in [1.29, 1.82) is 0 Å². The van der Waals surface area contributed by atoms with Gasteiger partial charge < -0.3 is 15.5 Å². The van der Waals surface area contributed by atoms with E-state index in [4.69, 9.17) is 10.6 Å². The molecule has 0 saturated carbocycles. The van der Waals surface area contributed by atoms with Crippen LogP contribution >= 0.6 is 0 Å². The Morgan fingerprint density at radius 3 is 2.95 bits per heavy atom. The Kier molecular flexibility index (Phi) is 2.83. The third-order valence-electron chi connectivity index (χ3n) is 3.49. The Morgan fingerprint density at radius 1 is 1.47 bits per heavy atom. The summed E-state index contributed by atoms with van der Waals surface area (Å²) < 4.78 is 0. The van der Waals surface area contributed by atoms with Crippen molar-refractivity contribution in [3.63, 3.8) is 0 Å². The lowest BCUT2D eigenvalue weighted by molar-refractivity contribution is -0.0970. The Labute approximate surface area is 113 Å². The standard InChI is InChI=1S/C13H19N5O/c1-9(2)17-5-4-11(14)12-13(17)18-8-16(19-3)7-10(18)6-15-12/h4-7,9,11H,8,14H2,1-3H3. The second kappa shape index (κ2) is 4.40. The molecule has 0 fully saturated rings. The van der Waals surface area contributed by atoms with Crippen LogP contribution in [0, 0.1) is 0 Å². The van der Waals surface area contributed by atoms with E-state index < -0.39 is 0 Å². The maximum absolute atomic E-state index is 6.13. The normalized spacial score (nSPS) is 25.2. The van der Waals surface area contributed by atoms with Gasteiger partial charge in [0.05, 0.1) is 31.3 Å². The summed E-state index contributed by atoms with van der Waals surface area (Å²) >= 11 is 0. The van der Waals surface area contributed by atoms with Crippen LogP contribution in [-0.4, -0.2) is 46.9 Å². The molecule has 6 heteroatoms. The van der Waals surface area contributed by atoms with Crippen molar-refractivity contribution >= 4 is 6.21 Å². The molecule has 0 aromatic carbocycles. The number of hydrogen-bond acceptors (Lipinski definition) is 6. The van der Waals surface area contributed by atoms with Gasteiger partial charge in [0.2, 0.25) is 0 Å². The monoisotopic (exact) mass is 261 g/mol. The fourth-order valence-corrected chi connectivity index (χ4v) is 2.48. The van der Waals surface area contributed by atoms with Gasteiger partial charge in [-0.25, -0.2) is 5.06 Å². The second-order valence-electron chi connectivity index (χ2n) is 5.06. The summed E-state index contributed by atoms with van der Waals surface area (Å²) in [7, 11) is 1.66. The topological polar surface area (TPSA) is 57.3 Å². The van der Waals surface area contributed by atoms with Gasteiger partial charge in [0.1, 0.15) is 18.2 Å². The molecule has 0 aliphatic carbocycles. The fourth-order valence-electron chi connectivity index (χ4n) is 2.48. The Morgan fingerprint density at radius 2 is 2.26 bits per heavy atom. The van der Waals surface area contributed by atoms with Crippen LogP contribution in [0.1, 0.15) is 13.8 Å². The van der Waals surface area contributed by atoms with E-state index in [1.165, 1.54) is 0 Å². The first kappa shape index (κ1) is 12.3. The van der Waals surface area contributed by atoms with Crippen molar-refractivity contribution in [2.75, 3.05) is 13.8 Å². The van der Waals surface area contributed by atoms with Crippen LogP contribution in [0.4, 0.5) is 0 Å². The van der Waals surface area contributed by atoms with Crippen molar-refractivity contribution in [2.45, 2.75) is 25.9 Å². The van der Waals surface area contributed by atoms with Crippen LogP contribution in [0.15, 0.2) is 40.7 Å². The van der Waals surface area contributed by atoms with Gasteiger partial charge in [-0.05, 0) is 19.9 Å². The molecule has 0 saturated heterocycles. The van der Waals surface area contributed by atoms with Crippen LogP contribution in [-0.2, 0) is 4.84 Å². The highest BCUT2D eigenvalue weighted by Crippen LogP contribution is 2.33. The molecule has 102 valence electrons. The lowest BCUT2D eigenvalue weighted by atomic mass is 10.1. The van der Waals surface area contributed by atoms with Crippen LogP contribution in [0.5, 0.6) is 0 Å². The molecule has 2 N–H and O–H groups in total. The lowest BCUT2D eigenvalue weighted by Crippen LogP contribution is -2.44. The molecule has 0 spiro atoms. The van der Waals surface area contributed by atoms with E-state index in [0.717, 1.165) is 17.2 Å². The van der Waals surface area contributed by atoms with Gasteiger partial charge in [-0.2, -0.15) is 0 Å². The lowest BCUT2D eigenvalue weighted by Gasteiger charge is -2.40. The summed E-state index contributed by atoms with van der Waals surface area (Å²) in [6, 6.07) is 0.194. The predicted octanol–water partition coefficient (Wildman–Crippen LogP) is 0.783. The summed E-state index contributed by atoms with van der Waals surface area (Å²) in [5, 5.41) is 1.78. The number of aliphatic imine (C=N–C) groups is 1. The molecule has 0 amide bonds. The third-order valence-corrected chi connectivity index (χ3v) is 3.49. The molecule has 1 unspecified atom stereocenters. The third kappa shape index (κ3) is 1.84. The zero-order chi connectivity index (χ0) is 13.6. The number of nitrogens with zero attached hydrogens (tertiary/aromatic N) is 4. The van der Waals surface area contributed by atoms with Crippen molar-refractivity contribution in [3.8, 4) is 0 Å². The number of nitrogens with two attached hydrogens (primary N) is 1. The summed E-state index contributed by atoms with van der Waals surface area (Å²) in [4.78, 5) is 14.2. The van der Waals surface area contributed by atoms with E-state index in [9.17, 15) is 0 Å². The minimum atomic E-state index is -0.153. The Balaban J connectivity index is 2.02. The van der Waals surface area contributed by atoms with E-state index in [1.54, 1.807) is 12.2 Å². The largest absolute Gasteiger partial charge is 0.331 e. The molecular formula is C13H19N5O. The molecule has 19 heavy (non-hydrogen) atoms. The van der Waals surface area contributed by atoms with Gasteiger partial charge in [0, 0.05) is 12.2 Å². The number of rotatable bonds is 2. The van der Waals surface area contributed by atoms with Gasteiger partial charge in [-0.15, -0.1) is 0 Å². The summed E-state index contributed by atoms with van der Waals surface area (Å²) in [5.74, 6) is 1.05. The van der Waals surface area contributed by atoms with Gasteiger partial charge in [0.15, 0.2) is 0 Å². The highest BCUT2D eigenvalue weighted by molar-refractivity contribution is 5.81. The van der Waals surface area contributed by atoms with E-state index in [0.29, 0.717) is 12.7 Å². The van der Waals surface area contributed by atoms with E-state index in [2.05, 4.69) is 28.6 Å². The van der Waals surface area contributed by atoms with Crippen molar-refractivity contribution in [1.82, 2.24) is 14.9 Å². The van der Waals surface area contributed by atoms with Crippen LogP contribution in [0.25, 0.3) is 0 Å². The summed E-state index contributed by atoms with van der Waals surface area (Å²) in [6.07, 6.45) is 7.81. The Hall–Kier alpha value is -1.79. The maximum Gasteiger partial charge on any atom is 0.139 e. The van der Waals surface area contributed by atoms with E-state index in [-0.39, 0.29) is 6.04 Å². The molecule has 0 aromatic rings. The smallest absolute Gasteiger partial charge is 0.139 e. The van der Waals surface area contributed by atoms with Crippen LogP contribution in [0.2, 0.25) is 0 Å². The van der Waals surface area contributed by atoms with E-state index >= 15 is 0 Å². The molecule has 3 rings (SSSR count). The molecule has 1 atom stereocenters. The molecule has 0 aromatic heterocycles. The predicted molar refractivity (Wildman–Crippen MR) is 73.2 cm³/mol. The number of fused-ring (bicyclic) bond motifs is 2. The first-order chi connectivity index (χ1) is 9.11. The first-order valence-electron chi connectivity index (χ1n) is 6.42. The van der Waals surface area contributed by atoms with Crippen molar-refractivity contribution < 1.29 is 4.84 Å². The van der Waals surface area contributed by atoms with Crippen LogP contribution < -0.4 is 5.73 Å². The molecule has 3 aliphatic heterocycles. The Bertz CT molecular complexity index is 505.